The Labute approximate surface area is 226 Å². The van der Waals surface area contributed by atoms with Crippen LogP contribution in [0.5, 0.6) is 5.75 Å². The number of hydrogen-bond acceptors (Lipinski definition) is 6. The lowest BCUT2D eigenvalue weighted by Crippen LogP contribution is -2.48. The van der Waals surface area contributed by atoms with Crippen LogP contribution < -0.4 is 19.7 Å². The molecule has 2 aromatic carbocycles. The van der Waals surface area contributed by atoms with Gasteiger partial charge < -0.3 is 24.6 Å². The first-order chi connectivity index (χ1) is 17.8. The van der Waals surface area contributed by atoms with Crippen LogP contribution in [0.4, 0.5) is 16.2 Å². The molecule has 0 aliphatic heterocycles. The van der Waals surface area contributed by atoms with Gasteiger partial charge in [-0.15, -0.1) is 0 Å². The van der Waals surface area contributed by atoms with Crippen molar-refractivity contribution in [2.45, 2.75) is 71.4 Å². The van der Waals surface area contributed by atoms with E-state index in [1.54, 1.807) is 11.0 Å². The largest absolute Gasteiger partial charge is 0.379 e. The normalized spacial score (nSPS) is 13.5. The van der Waals surface area contributed by atoms with Gasteiger partial charge in [0, 0.05) is 55.1 Å². The van der Waals surface area contributed by atoms with Gasteiger partial charge in [0.05, 0.1) is 6.54 Å². The van der Waals surface area contributed by atoms with Gasteiger partial charge in [0.2, 0.25) is 5.91 Å². The molecule has 0 bridgehead atoms. The summed E-state index contributed by atoms with van der Waals surface area (Å²) in [6.45, 7) is 13.5. The van der Waals surface area contributed by atoms with Gasteiger partial charge >= 0.3 is 16.1 Å². The van der Waals surface area contributed by atoms with E-state index in [0.717, 1.165) is 31.6 Å². The molecule has 0 spiro atoms. The van der Waals surface area contributed by atoms with E-state index >= 15 is 0 Å². The first-order valence-corrected chi connectivity index (χ1v) is 14.5. The zero-order valence-electron chi connectivity index (χ0n) is 23.2. The van der Waals surface area contributed by atoms with E-state index in [9.17, 15) is 18.0 Å². The van der Waals surface area contributed by atoms with E-state index in [4.69, 9.17) is 4.18 Å². The van der Waals surface area contributed by atoms with Crippen LogP contribution in [-0.4, -0.2) is 50.4 Å². The number of amides is 3. The number of anilines is 2. The third-order valence-corrected chi connectivity index (χ3v) is 7.40. The van der Waals surface area contributed by atoms with Crippen molar-refractivity contribution in [1.29, 1.82) is 0 Å². The molecule has 208 valence electrons. The Morgan fingerprint density at radius 3 is 2.18 bits per heavy atom. The maximum atomic E-state index is 13.3. The van der Waals surface area contributed by atoms with Gasteiger partial charge in [-0.05, 0) is 83.7 Å². The topological polar surface area (TPSA) is 108 Å². The monoisotopic (exact) mass is 544 g/mol. The van der Waals surface area contributed by atoms with Crippen LogP contribution >= 0.6 is 0 Å². The van der Waals surface area contributed by atoms with Crippen LogP contribution in [0.2, 0.25) is 0 Å². The smallest absolute Gasteiger partial charge is 0.339 e. The summed E-state index contributed by atoms with van der Waals surface area (Å²) in [5.74, 6) is 0.386. The minimum atomic E-state index is -4.18. The minimum absolute atomic E-state index is 0.0360. The lowest BCUT2D eigenvalue weighted by molar-refractivity contribution is -0.114. The SMILES string of the molecule is CCN(CC)c1ccc(CN(CC2CC2)C(=O)NC(C)(C)C)c(OS(=O)(=O)c2ccc(NC(C)=O)cc2)c1. The number of carbonyl (C=O) groups is 2. The van der Waals surface area contributed by atoms with Gasteiger partial charge in [0.15, 0.2) is 0 Å². The highest BCUT2D eigenvalue weighted by molar-refractivity contribution is 7.87. The molecule has 10 heteroatoms. The van der Waals surface area contributed by atoms with Crippen molar-refractivity contribution in [3.63, 3.8) is 0 Å². The summed E-state index contributed by atoms with van der Waals surface area (Å²) in [7, 11) is -4.18. The molecule has 9 nitrogen and oxygen atoms in total. The Balaban J connectivity index is 1.95. The summed E-state index contributed by atoms with van der Waals surface area (Å²) in [5.41, 5.74) is 1.51. The quantitative estimate of drug-likeness (QED) is 0.387. The van der Waals surface area contributed by atoms with Crippen molar-refractivity contribution in [3.8, 4) is 5.75 Å². The van der Waals surface area contributed by atoms with Crippen LogP contribution in [0.25, 0.3) is 0 Å². The van der Waals surface area contributed by atoms with E-state index < -0.39 is 15.7 Å². The van der Waals surface area contributed by atoms with Crippen molar-refractivity contribution in [3.05, 3.63) is 48.0 Å². The van der Waals surface area contributed by atoms with Crippen molar-refractivity contribution in [2.24, 2.45) is 5.92 Å². The van der Waals surface area contributed by atoms with E-state index in [2.05, 4.69) is 15.5 Å². The van der Waals surface area contributed by atoms with Gasteiger partial charge in [0.1, 0.15) is 10.6 Å². The van der Waals surface area contributed by atoms with Crippen LogP contribution in [0, 0.1) is 5.92 Å². The molecular formula is C28H40N4O5S. The predicted octanol–water partition coefficient (Wildman–Crippen LogP) is 4.98. The van der Waals surface area contributed by atoms with Crippen molar-refractivity contribution in [1.82, 2.24) is 10.2 Å². The third-order valence-electron chi connectivity index (χ3n) is 6.15. The first-order valence-electron chi connectivity index (χ1n) is 13.1. The molecule has 2 N–H and O–H groups in total. The molecule has 0 aromatic heterocycles. The minimum Gasteiger partial charge on any atom is -0.379 e. The molecule has 1 aliphatic carbocycles. The highest BCUT2D eigenvalue weighted by atomic mass is 32.2. The van der Waals surface area contributed by atoms with Gasteiger partial charge in [-0.1, -0.05) is 6.07 Å². The molecule has 0 saturated heterocycles. The maximum absolute atomic E-state index is 13.3. The average molecular weight is 545 g/mol. The van der Waals surface area contributed by atoms with E-state index in [1.165, 1.54) is 31.2 Å². The molecule has 1 saturated carbocycles. The molecule has 0 radical (unpaired) electrons. The second-order valence-corrected chi connectivity index (χ2v) is 12.3. The lowest BCUT2D eigenvalue weighted by Gasteiger charge is -2.29. The summed E-state index contributed by atoms with van der Waals surface area (Å²) >= 11 is 0. The van der Waals surface area contributed by atoms with Gasteiger partial charge in [0.25, 0.3) is 0 Å². The number of benzene rings is 2. The average Bonchev–Trinajstić information content (AvgIpc) is 3.63. The fourth-order valence-corrected chi connectivity index (χ4v) is 5.01. The molecule has 0 atom stereocenters. The summed E-state index contributed by atoms with van der Waals surface area (Å²) in [5, 5.41) is 5.64. The van der Waals surface area contributed by atoms with Gasteiger partial charge in [-0.3, -0.25) is 4.79 Å². The Kier molecular flexibility index (Phi) is 9.30. The Morgan fingerprint density at radius 1 is 1.03 bits per heavy atom. The molecule has 0 unspecified atom stereocenters. The van der Waals surface area contributed by atoms with E-state index in [1.807, 2.05) is 46.8 Å². The van der Waals surface area contributed by atoms with E-state index in [0.29, 0.717) is 23.7 Å². The number of hydrogen-bond donors (Lipinski definition) is 2. The van der Waals surface area contributed by atoms with Crippen LogP contribution in [0.15, 0.2) is 47.4 Å². The molecule has 0 heterocycles. The maximum Gasteiger partial charge on any atom is 0.339 e. The van der Waals surface area contributed by atoms with E-state index in [-0.39, 0.29) is 29.1 Å². The highest BCUT2D eigenvalue weighted by Crippen LogP contribution is 2.33. The summed E-state index contributed by atoms with van der Waals surface area (Å²) in [6, 6.07) is 11.1. The molecule has 2 aromatic rings. The van der Waals surface area contributed by atoms with Crippen LogP contribution in [-0.2, 0) is 21.5 Å². The van der Waals surface area contributed by atoms with Gasteiger partial charge in [-0.25, -0.2) is 4.79 Å². The zero-order chi connectivity index (χ0) is 28.1. The second-order valence-electron chi connectivity index (χ2n) is 10.7. The highest BCUT2D eigenvalue weighted by Gasteiger charge is 2.30. The summed E-state index contributed by atoms with van der Waals surface area (Å²) in [4.78, 5) is 28.2. The predicted molar refractivity (Wildman–Crippen MR) is 150 cm³/mol. The molecule has 1 fully saturated rings. The third kappa shape index (κ3) is 8.37. The zero-order valence-corrected chi connectivity index (χ0v) is 24.0. The summed E-state index contributed by atoms with van der Waals surface area (Å²) < 4.78 is 32.3. The first kappa shape index (κ1) is 29.3. The molecule has 3 rings (SSSR count). The Bertz CT molecular complexity index is 1230. The second kappa shape index (κ2) is 12.1. The fourth-order valence-electron chi connectivity index (χ4n) is 4.05. The number of rotatable bonds is 11. The summed E-state index contributed by atoms with van der Waals surface area (Å²) in [6.07, 6.45) is 2.15. The lowest BCUT2D eigenvalue weighted by atomic mass is 10.1. The standard InChI is InChI=1S/C28H40N4O5S/c1-7-31(8-2)24-14-11-22(19-32(18-21-9-10-21)27(34)30-28(4,5)6)26(17-24)37-38(35,36)25-15-12-23(13-16-25)29-20(3)33/h11-17,21H,7-10,18-19H2,1-6H3,(H,29,33)(H,30,34). The molecule has 3 amide bonds. The number of nitrogens with one attached hydrogen (secondary N) is 2. The fraction of sp³-hybridized carbons (Fsp3) is 0.500. The Hall–Kier alpha value is -3.27. The Morgan fingerprint density at radius 2 is 1.66 bits per heavy atom. The number of nitrogens with zero attached hydrogens (tertiary/aromatic N) is 2. The molecule has 38 heavy (non-hydrogen) atoms. The van der Waals surface area contributed by atoms with Gasteiger partial charge in [-0.2, -0.15) is 8.42 Å². The number of urea groups is 1. The number of carbonyl (C=O) groups excluding carboxylic acids is 2. The van der Waals surface area contributed by atoms with Crippen LogP contribution in [0.1, 0.15) is 59.9 Å². The van der Waals surface area contributed by atoms with Crippen LogP contribution in [0.3, 0.4) is 0 Å². The molecular weight excluding hydrogens is 504 g/mol. The van der Waals surface area contributed by atoms with Crippen molar-refractivity contribution in [2.75, 3.05) is 29.9 Å². The van der Waals surface area contributed by atoms with Crippen molar-refractivity contribution >= 4 is 33.4 Å². The molecule has 1 aliphatic rings. The van der Waals surface area contributed by atoms with Crippen molar-refractivity contribution < 1.29 is 22.2 Å².